The summed E-state index contributed by atoms with van der Waals surface area (Å²) in [6.45, 7) is 3.78. The zero-order valence-corrected chi connectivity index (χ0v) is 26.2. The number of anilines is 3. The first-order chi connectivity index (χ1) is 21.8. The van der Waals surface area contributed by atoms with Gasteiger partial charge < -0.3 is 24.3 Å². The number of halogens is 3. The maximum Gasteiger partial charge on any atom is 0.437 e. The van der Waals surface area contributed by atoms with E-state index in [1.165, 1.54) is 19.4 Å². The van der Waals surface area contributed by atoms with Crippen molar-refractivity contribution >= 4 is 39.4 Å². The molecule has 2 aromatic heterocycles. The minimum absolute atomic E-state index is 0.0272. The Balaban J connectivity index is 1.17. The van der Waals surface area contributed by atoms with Crippen molar-refractivity contribution < 1.29 is 40.3 Å². The topological polar surface area (TPSA) is 147 Å². The number of sulfonamides is 1. The van der Waals surface area contributed by atoms with E-state index in [0.29, 0.717) is 56.0 Å². The summed E-state index contributed by atoms with van der Waals surface area (Å²) in [4.78, 5) is 36.1. The lowest BCUT2D eigenvalue weighted by atomic mass is 10.0. The van der Waals surface area contributed by atoms with Gasteiger partial charge in [-0.15, -0.1) is 0 Å². The molecule has 1 unspecified atom stereocenters. The van der Waals surface area contributed by atoms with Crippen LogP contribution in [0, 0.1) is 5.92 Å². The summed E-state index contributed by atoms with van der Waals surface area (Å²) in [6.07, 6.45) is -1.17. The molecule has 2 aliphatic heterocycles. The molecule has 3 aromatic rings. The average Bonchev–Trinajstić information content (AvgIpc) is 3.51. The molecule has 1 amide bonds. The highest BCUT2D eigenvalue weighted by atomic mass is 32.2. The number of carbonyl (C=O) groups is 2. The number of carbonyl (C=O) groups excluding carboxylic acids is 2. The number of nitrogens with one attached hydrogen (secondary N) is 2. The number of esters is 1. The van der Waals surface area contributed by atoms with Gasteiger partial charge >= 0.3 is 12.1 Å². The highest BCUT2D eigenvalue weighted by molar-refractivity contribution is 7.90. The largest absolute Gasteiger partial charge is 0.465 e. The zero-order chi connectivity index (χ0) is 33.1. The van der Waals surface area contributed by atoms with Crippen LogP contribution in [-0.2, 0) is 27.5 Å². The number of amides is 1. The lowest BCUT2D eigenvalue weighted by Crippen LogP contribution is -2.43. The highest BCUT2D eigenvalue weighted by Crippen LogP contribution is 2.35. The molecule has 1 atom stereocenters. The monoisotopic (exact) mass is 664 g/mol. The van der Waals surface area contributed by atoms with Gasteiger partial charge in [-0.3, -0.25) is 4.79 Å². The van der Waals surface area contributed by atoms with Gasteiger partial charge in [-0.2, -0.15) is 18.2 Å². The molecule has 1 aromatic carbocycles. The molecule has 0 bridgehead atoms. The molecule has 0 radical (unpaired) electrons. The number of rotatable bonds is 9. The Morgan fingerprint density at radius 1 is 1.09 bits per heavy atom. The summed E-state index contributed by atoms with van der Waals surface area (Å²) in [5, 5.41) is 1.78. The quantitative estimate of drug-likeness (QED) is 0.315. The summed E-state index contributed by atoms with van der Waals surface area (Å²) < 4.78 is 79.9. The van der Waals surface area contributed by atoms with Crippen molar-refractivity contribution in [1.82, 2.24) is 14.7 Å². The Morgan fingerprint density at radius 2 is 1.85 bits per heavy atom. The van der Waals surface area contributed by atoms with E-state index >= 15 is 0 Å². The van der Waals surface area contributed by atoms with Gasteiger partial charge in [0.1, 0.15) is 5.82 Å². The van der Waals surface area contributed by atoms with Crippen molar-refractivity contribution in [3.63, 3.8) is 0 Å². The Kier molecular flexibility index (Phi) is 9.86. The van der Waals surface area contributed by atoms with Crippen molar-refractivity contribution in [1.29, 1.82) is 0 Å². The van der Waals surface area contributed by atoms with Gasteiger partial charge in [0.2, 0.25) is 15.8 Å². The van der Waals surface area contributed by atoms with E-state index in [0.717, 1.165) is 12.8 Å². The number of piperidine rings is 2. The maximum atomic E-state index is 13.7. The van der Waals surface area contributed by atoms with Crippen LogP contribution in [0.25, 0.3) is 0 Å². The predicted octanol–water partition coefficient (Wildman–Crippen LogP) is 4.45. The third-order valence-corrected chi connectivity index (χ3v) is 9.95. The number of hydrogen-bond acceptors (Lipinski definition) is 10. The Labute approximate surface area is 264 Å². The molecule has 2 aliphatic rings. The molecule has 2 saturated heterocycles. The average molecular weight is 665 g/mol. The van der Waals surface area contributed by atoms with E-state index in [9.17, 15) is 31.2 Å². The van der Waals surface area contributed by atoms with E-state index in [1.807, 2.05) is 11.8 Å². The second-order valence-corrected chi connectivity index (χ2v) is 13.5. The SMILES string of the molecule is COC(=O)c1cccc(CNS(=O)(=O)C2CCN(c3ccc(NC(=O)c4oc(N5CCCC(C)C5)nc4C(F)(F)F)cn3)CC2)c1. The van der Waals surface area contributed by atoms with Crippen molar-refractivity contribution in [3.8, 4) is 0 Å². The number of methoxy groups -OCH3 is 1. The van der Waals surface area contributed by atoms with Crippen LogP contribution >= 0.6 is 0 Å². The number of nitrogens with zero attached hydrogens (tertiary/aromatic N) is 4. The summed E-state index contributed by atoms with van der Waals surface area (Å²) >= 11 is 0. The fraction of sp³-hybridized carbons (Fsp3) is 0.467. The number of benzene rings is 1. The van der Waals surface area contributed by atoms with Crippen LogP contribution in [0.5, 0.6) is 0 Å². The van der Waals surface area contributed by atoms with Gasteiger partial charge in [0.05, 0.1) is 29.8 Å². The van der Waals surface area contributed by atoms with Gasteiger partial charge in [-0.25, -0.2) is 22.9 Å². The standard InChI is InChI=1S/C30H35F3N6O6S/c1-19-5-4-12-39(18-19)29-37-26(30(31,32)33)25(45-29)27(40)36-22-8-9-24(34-17-22)38-13-10-23(11-14-38)46(42,43)35-16-20-6-3-7-21(15-20)28(41)44-2/h3,6-9,15,17,19,23,35H,4-5,10-14,16,18H2,1-2H3,(H,36,40). The number of pyridine rings is 1. The molecule has 2 N–H and O–H groups in total. The lowest BCUT2D eigenvalue weighted by Gasteiger charge is -2.32. The second kappa shape index (κ2) is 13.7. The number of alkyl halides is 3. The summed E-state index contributed by atoms with van der Waals surface area (Å²) in [7, 11) is -2.38. The third kappa shape index (κ3) is 7.78. The van der Waals surface area contributed by atoms with Gasteiger partial charge in [0.25, 0.3) is 11.9 Å². The Hall–Kier alpha value is -4.18. The highest BCUT2D eigenvalue weighted by Gasteiger charge is 2.42. The number of ether oxygens (including phenoxy) is 1. The minimum Gasteiger partial charge on any atom is -0.465 e. The molecule has 0 aliphatic carbocycles. The van der Waals surface area contributed by atoms with Gasteiger partial charge in [0.15, 0.2) is 5.69 Å². The van der Waals surface area contributed by atoms with Gasteiger partial charge in [0, 0.05) is 32.7 Å². The molecule has 46 heavy (non-hydrogen) atoms. The number of hydrogen-bond donors (Lipinski definition) is 2. The first-order valence-electron chi connectivity index (χ1n) is 14.8. The maximum absolute atomic E-state index is 13.7. The predicted molar refractivity (Wildman–Crippen MR) is 163 cm³/mol. The van der Waals surface area contributed by atoms with Crippen molar-refractivity contribution in [3.05, 3.63) is 65.2 Å². The number of oxazole rings is 1. The van der Waals surface area contributed by atoms with Crippen LogP contribution in [0.15, 0.2) is 47.0 Å². The third-order valence-electron chi connectivity index (χ3n) is 8.05. The number of aromatic nitrogens is 2. The van der Waals surface area contributed by atoms with Crippen LogP contribution in [-0.4, -0.2) is 68.8 Å². The molecule has 2 fully saturated rings. The molecular weight excluding hydrogens is 629 g/mol. The van der Waals surface area contributed by atoms with E-state index in [4.69, 9.17) is 9.15 Å². The Morgan fingerprint density at radius 3 is 2.50 bits per heavy atom. The van der Waals surface area contributed by atoms with Crippen LogP contribution < -0.4 is 19.8 Å². The second-order valence-electron chi connectivity index (χ2n) is 11.5. The minimum atomic E-state index is -4.89. The first kappa shape index (κ1) is 33.2. The van der Waals surface area contributed by atoms with Gasteiger partial charge in [-0.1, -0.05) is 19.1 Å². The molecule has 16 heteroatoms. The van der Waals surface area contributed by atoms with Gasteiger partial charge in [-0.05, 0) is 61.4 Å². The molecule has 0 saturated carbocycles. The summed E-state index contributed by atoms with van der Waals surface area (Å²) in [6, 6.07) is 9.39. The summed E-state index contributed by atoms with van der Waals surface area (Å²) in [5.74, 6) is -1.74. The van der Waals surface area contributed by atoms with Crippen molar-refractivity contribution in [2.24, 2.45) is 5.92 Å². The van der Waals surface area contributed by atoms with E-state index < -0.39 is 44.8 Å². The van der Waals surface area contributed by atoms with E-state index in [-0.39, 0.29) is 24.2 Å². The lowest BCUT2D eigenvalue weighted by molar-refractivity contribution is -0.141. The molecule has 0 spiro atoms. The van der Waals surface area contributed by atoms with E-state index in [1.54, 1.807) is 35.2 Å². The van der Waals surface area contributed by atoms with Crippen LogP contribution in [0.1, 0.15) is 64.8 Å². The zero-order valence-electron chi connectivity index (χ0n) is 25.3. The molecule has 248 valence electrons. The smallest absolute Gasteiger partial charge is 0.437 e. The molecule has 12 nitrogen and oxygen atoms in total. The fourth-order valence-corrected chi connectivity index (χ4v) is 7.05. The van der Waals surface area contributed by atoms with Crippen LogP contribution in [0.4, 0.5) is 30.7 Å². The normalized spacial score (nSPS) is 18.0. The molecule has 5 rings (SSSR count). The molecular formula is C30H35F3N6O6S. The van der Waals surface area contributed by atoms with Crippen LogP contribution in [0.3, 0.4) is 0 Å². The Bertz CT molecular complexity index is 1660. The summed E-state index contributed by atoms with van der Waals surface area (Å²) in [5.41, 5.74) is -0.282. The van der Waals surface area contributed by atoms with Crippen molar-refractivity contribution in [2.75, 3.05) is 48.4 Å². The fourth-order valence-electron chi connectivity index (χ4n) is 5.61. The van der Waals surface area contributed by atoms with Crippen LogP contribution in [0.2, 0.25) is 0 Å². The first-order valence-corrected chi connectivity index (χ1v) is 16.4. The van der Waals surface area contributed by atoms with E-state index in [2.05, 4.69) is 20.0 Å². The molecule has 4 heterocycles. The van der Waals surface area contributed by atoms with Crippen molar-refractivity contribution in [2.45, 2.75) is 50.6 Å².